The van der Waals surface area contributed by atoms with Gasteiger partial charge in [0.15, 0.2) is 0 Å². The second-order valence-corrected chi connectivity index (χ2v) is 11.0. The van der Waals surface area contributed by atoms with Crippen LogP contribution in [0.2, 0.25) is 0 Å². The smallest absolute Gasteiger partial charge is 1.00 e. The fourth-order valence-corrected chi connectivity index (χ4v) is 4.25. The Bertz CT molecular complexity index is 595. The van der Waals surface area contributed by atoms with Gasteiger partial charge < -0.3 is 4.28 Å². The molecule has 0 aliphatic rings. The van der Waals surface area contributed by atoms with Crippen molar-refractivity contribution in [2.45, 2.75) is 142 Å². The van der Waals surface area contributed by atoms with Crippen LogP contribution in [-0.4, -0.2) is 62.2 Å². The predicted molar refractivity (Wildman–Crippen MR) is 148 cm³/mol. The molecule has 0 aromatic heterocycles. The molecule has 0 heterocycles. The molecule has 214 valence electrons. The summed E-state index contributed by atoms with van der Waals surface area (Å²) >= 11 is 0. The number of hydrogen-bond acceptors (Lipinski definition) is 6. The van der Waals surface area contributed by atoms with Crippen LogP contribution >= 0.6 is 0 Å². The largest absolute Gasteiger partial charge is 2.00 e. The maximum absolute atomic E-state index is 11.7. The molecule has 0 aromatic rings. The van der Waals surface area contributed by atoms with Crippen LogP contribution in [0.25, 0.3) is 0 Å². The topological polar surface area (TPSA) is 127 Å². The van der Waals surface area contributed by atoms with Gasteiger partial charge in [-0.25, -0.2) is 8.37 Å². The standard InChI is InChI=1S/C24H50O4S.Mg.Na.H2O4S.3H/c1-3-5-7-9-11-13-15-17-19-21-23-27-29(25,26)28-24-22-20-18-16-14-12-10-8-6-4-2;;;1-5(2,3)4;;;/h3-24H2,1-2H3;;;(H2,1,2,3,4);;;/q;+2;+1;;3*-1. The Labute approximate surface area is 265 Å². The number of unbranched alkanes of at least 4 members (excludes halogenated alkanes) is 18. The van der Waals surface area contributed by atoms with Crippen molar-refractivity contribution in [3.63, 3.8) is 0 Å². The molecule has 0 saturated heterocycles. The van der Waals surface area contributed by atoms with Crippen molar-refractivity contribution in [2.24, 2.45) is 0 Å². The molecule has 0 unspecified atom stereocenters. The molecular formula is C24H55MgNaO8S2. The Morgan fingerprint density at radius 1 is 0.500 bits per heavy atom. The van der Waals surface area contributed by atoms with Crippen LogP contribution in [0.5, 0.6) is 0 Å². The molecule has 0 rings (SSSR count). The molecule has 0 spiro atoms. The van der Waals surface area contributed by atoms with Gasteiger partial charge in [0.2, 0.25) is 0 Å². The van der Waals surface area contributed by atoms with Crippen LogP contribution in [0.4, 0.5) is 0 Å². The van der Waals surface area contributed by atoms with Crippen molar-refractivity contribution in [1.29, 1.82) is 0 Å². The van der Waals surface area contributed by atoms with Crippen LogP contribution in [0.3, 0.4) is 0 Å². The molecule has 0 aliphatic heterocycles. The molecule has 36 heavy (non-hydrogen) atoms. The molecule has 2 N–H and O–H groups in total. The molecule has 0 radical (unpaired) electrons. The maximum atomic E-state index is 11.7. The average molecular weight is 583 g/mol. The number of hydrogen-bond donors (Lipinski definition) is 2. The first kappa shape index (κ1) is 44.5. The first-order chi connectivity index (χ1) is 16.1. The van der Waals surface area contributed by atoms with Crippen molar-refractivity contribution in [1.82, 2.24) is 0 Å². The van der Waals surface area contributed by atoms with E-state index in [1.54, 1.807) is 0 Å². The second kappa shape index (κ2) is 32.7. The molecule has 0 bridgehead atoms. The molecule has 12 heteroatoms. The average Bonchev–Trinajstić information content (AvgIpc) is 2.74. The quantitative estimate of drug-likeness (QED) is 0.0973. The molecule has 0 amide bonds. The molecule has 0 fully saturated rings. The van der Waals surface area contributed by atoms with Gasteiger partial charge in [-0.3, -0.25) is 9.11 Å². The minimum atomic E-state index is -4.67. The molecule has 0 aliphatic carbocycles. The van der Waals surface area contributed by atoms with Crippen LogP contribution < -0.4 is 29.6 Å². The van der Waals surface area contributed by atoms with E-state index < -0.39 is 20.8 Å². The zero-order chi connectivity index (χ0) is 26.0. The minimum absolute atomic E-state index is 0. The van der Waals surface area contributed by atoms with Gasteiger partial charge in [0, 0.05) is 0 Å². The Balaban J connectivity index is -0.000000187. The van der Waals surface area contributed by atoms with E-state index in [0.717, 1.165) is 38.5 Å². The maximum Gasteiger partial charge on any atom is 2.00 e. The molecule has 0 aromatic carbocycles. The fourth-order valence-electron chi connectivity index (χ4n) is 3.53. The molecule has 0 saturated carbocycles. The van der Waals surface area contributed by atoms with Crippen molar-refractivity contribution < 1.29 is 68.1 Å². The van der Waals surface area contributed by atoms with Gasteiger partial charge in [-0.05, 0) is 12.8 Å². The summed E-state index contributed by atoms with van der Waals surface area (Å²) < 4.78 is 64.9. The van der Waals surface area contributed by atoms with Gasteiger partial charge in [-0.2, -0.15) is 16.8 Å². The summed E-state index contributed by atoms with van der Waals surface area (Å²) in [5.41, 5.74) is 0. The SMILES string of the molecule is CCCCCCCCCCCCOS(=O)(=O)OCCCCCCCCCCCC.O=S(=O)(O)O.[H-].[H-].[H-].[Mg+2].[Na+]. The van der Waals surface area contributed by atoms with E-state index in [9.17, 15) is 8.42 Å². The van der Waals surface area contributed by atoms with E-state index in [1.807, 2.05) is 0 Å². The Morgan fingerprint density at radius 2 is 0.694 bits per heavy atom. The van der Waals surface area contributed by atoms with Gasteiger partial charge in [0.1, 0.15) is 0 Å². The van der Waals surface area contributed by atoms with Gasteiger partial charge in [-0.1, -0.05) is 129 Å². The summed E-state index contributed by atoms with van der Waals surface area (Å²) in [6.07, 6.45) is 24.4. The van der Waals surface area contributed by atoms with Crippen molar-refractivity contribution in [2.75, 3.05) is 13.2 Å². The third kappa shape index (κ3) is 48.6. The normalized spacial score (nSPS) is 11.2. The van der Waals surface area contributed by atoms with E-state index in [-0.39, 0.29) is 70.1 Å². The summed E-state index contributed by atoms with van der Waals surface area (Å²) in [6.45, 7) is 4.98. The molecule has 0 atom stereocenters. The first-order valence-electron chi connectivity index (χ1n) is 13.4. The van der Waals surface area contributed by atoms with Crippen molar-refractivity contribution in [3.8, 4) is 0 Å². The van der Waals surface area contributed by atoms with Gasteiger partial charge in [-0.15, -0.1) is 0 Å². The van der Waals surface area contributed by atoms with Crippen LogP contribution in [-0.2, 0) is 29.2 Å². The fraction of sp³-hybridized carbons (Fsp3) is 1.00. The summed E-state index contributed by atoms with van der Waals surface area (Å²) in [6, 6.07) is 0. The van der Waals surface area contributed by atoms with Crippen LogP contribution in [0.15, 0.2) is 0 Å². The zero-order valence-electron chi connectivity index (χ0n) is 26.4. The molecule has 8 nitrogen and oxygen atoms in total. The van der Waals surface area contributed by atoms with Gasteiger partial charge in [0.05, 0.1) is 13.2 Å². The van der Waals surface area contributed by atoms with Gasteiger partial charge >= 0.3 is 73.4 Å². The van der Waals surface area contributed by atoms with E-state index in [0.29, 0.717) is 0 Å². The van der Waals surface area contributed by atoms with E-state index >= 15 is 0 Å². The van der Waals surface area contributed by atoms with Crippen LogP contribution in [0.1, 0.15) is 147 Å². The van der Waals surface area contributed by atoms with Crippen LogP contribution in [0, 0.1) is 0 Å². The minimum Gasteiger partial charge on any atom is -1.00 e. The Morgan fingerprint density at radius 3 is 0.917 bits per heavy atom. The monoisotopic (exact) mass is 582 g/mol. The third-order valence-electron chi connectivity index (χ3n) is 5.45. The van der Waals surface area contributed by atoms with Gasteiger partial charge in [0.25, 0.3) is 0 Å². The first-order valence-corrected chi connectivity index (χ1v) is 16.1. The second-order valence-electron chi connectivity index (χ2n) is 8.86. The van der Waals surface area contributed by atoms with Crippen molar-refractivity contribution in [3.05, 3.63) is 0 Å². The Hall–Kier alpha value is 1.51. The van der Waals surface area contributed by atoms with E-state index in [4.69, 9.17) is 25.9 Å². The van der Waals surface area contributed by atoms with E-state index in [1.165, 1.54) is 89.9 Å². The molecular weight excluding hydrogens is 528 g/mol. The Kier molecular flexibility index (Phi) is 40.5. The predicted octanol–water partition coefficient (Wildman–Crippen LogP) is 4.41. The third-order valence-corrected chi connectivity index (χ3v) is 6.36. The van der Waals surface area contributed by atoms with E-state index in [2.05, 4.69) is 13.8 Å². The summed E-state index contributed by atoms with van der Waals surface area (Å²) in [5.74, 6) is 0. The number of rotatable bonds is 24. The summed E-state index contributed by atoms with van der Waals surface area (Å²) in [4.78, 5) is 0. The zero-order valence-corrected chi connectivity index (χ0v) is 28.5. The summed E-state index contributed by atoms with van der Waals surface area (Å²) in [7, 11) is -8.47. The summed E-state index contributed by atoms with van der Waals surface area (Å²) in [5, 5.41) is 0. The van der Waals surface area contributed by atoms with Crippen molar-refractivity contribution >= 4 is 43.9 Å².